The van der Waals surface area contributed by atoms with Crippen molar-refractivity contribution in [1.82, 2.24) is 4.90 Å². The largest absolute Gasteiger partial charge is 0.495 e. The van der Waals surface area contributed by atoms with E-state index < -0.39 is 0 Å². The number of nitrogens with zero attached hydrogens (tertiary/aromatic N) is 3. The summed E-state index contributed by atoms with van der Waals surface area (Å²) in [7, 11) is 1.57. The number of hydrogen-bond acceptors (Lipinski definition) is 5. The number of benzene rings is 2. The van der Waals surface area contributed by atoms with Gasteiger partial charge >= 0.3 is 0 Å². The minimum absolute atomic E-state index is 0.114. The Morgan fingerprint density at radius 3 is 2.84 bits per heavy atom. The monoisotopic (exact) mass is 453 g/mol. The Labute approximate surface area is 193 Å². The first-order chi connectivity index (χ1) is 15.5. The van der Waals surface area contributed by atoms with Crippen LogP contribution in [0.15, 0.2) is 41.4 Å². The van der Waals surface area contributed by atoms with Gasteiger partial charge in [-0.15, -0.1) is 0 Å². The summed E-state index contributed by atoms with van der Waals surface area (Å²) in [6.07, 6.45) is 2.52. The summed E-state index contributed by atoms with van der Waals surface area (Å²) in [6, 6.07) is 12.8. The van der Waals surface area contributed by atoms with E-state index in [0.29, 0.717) is 52.8 Å². The topological polar surface area (TPSA) is 119 Å². The standard InChI is InChI=1S/C24H28ClN5O2/c1-32-22-7-5-16(12-21(22)25)8-9-29-23(27)20-11-17(13-26)4-6-19(20)24(28)30-10-2-3-18(14-30)15-31/h4-7,11-12,18,28,31H,2-3,8-10,14-15H2,1H3,(H2,27,29). The molecule has 1 fully saturated rings. The van der Waals surface area contributed by atoms with Crippen molar-refractivity contribution in [3.05, 3.63) is 63.7 Å². The van der Waals surface area contributed by atoms with Gasteiger partial charge in [-0.3, -0.25) is 10.4 Å². The van der Waals surface area contributed by atoms with Crippen LogP contribution in [0.1, 0.15) is 35.1 Å². The molecule has 1 aliphatic heterocycles. The fourth-order valence-corrected chi connectivity index (χ4v) is 4.16. The Kier molecular flexibility index (Phi) is 8.09. The van der Waals surface area contributed by atoms with Crippen molar-refractivity contribution < 1.29 is 9.84 Å². The van der Waals surface area contributed by atoms with Gasteiger partial charge < -0.3 is 20.5 Å². The summed E-state index contributed by atoms with van der Waals surface area (Å²) >= 11 is 6.19. The van der Waals surface area contributed by atoms with Crippen LogP contribution in [0.25, 0.3) is 0 Å². The van der Waals surface area contributed by atoms with Crippen LogP contribution >= 0.6 is 11.6 Å². The molecule has 7 nitrogen and oxygen atoms in total. The zero-order valence-electron chi connectivity index (χ0n) is 18.1. The Bertz CT molecular complexity index is 1050. The molecule has 0 bridgehead atoms. The number of ether oxygens (including phenoxy) is 1. The Morgan fingerprint density at radius 2 is 2.16 bits per heavy atom. The number of aliphatic hydroxyl groups is 1. The highest BCUT2D eigenvalue weighted by Gasteiger charge is 2.24. The molecule has 0 amide bonds. The molecule has 0 saturated carbocycles. The average Bonchev–Trinajstić information content (AvgIpc) is 2.83. The van der Waals surface area contributed by atoms with E-state index in [2.05, 4.69) is 11.1 Å². The van der Waals surface area contributed by atoms with Crippen molar-refractivity contribution in [2.24, 2.45) is 16.6 Å². The van der Waals surface area contributed by atoms with Gasteiger partial charge in [0.05, 0.1) is 23.8 Å². The summed E-state index contributed by atoms with van der Waals surface area (Å²) < 4.78 is 5.18. The van der Waals surface area contributed by atoms with E-state index in [9.17, 15) is 10.4 Å². The Balaban J connectivity index is 1.80. The van der Waals surface area contributed by atoms with Gasteiger partial charge in [0.1, 0.15) is 17.4 Å². The van der Waals surface area contributed by atoms with E-state index in [1.165, 1.54) is 0 Å². The molecule has 0 aromatic heterocycles. The van der Waals surface area contributed by atoms with Crippen LogP contribution in [-0.4, -0.2) is 55.0 Å². The number of piperidine rings is 1. The zero-order valence-corrected chi connectivity index (χ0v) is 18.9. The van der Waals surface area contributed by atoms with Crippen molar-refractivity contribution in [2.45, 2.75) is 19.3 Å². The second-order valence-electron chi connectivity index (χ2n) is 7.84. The van der Waals surface area contributed by atoms with Crippen molar-refractivity contribution in [1.29, 1.82) is 10.7 Å². The normalized spacial score (nSPS) is 16.5. The Hall–Kier alpha value is -3.08. The number of aliphatic imine (C=N–C) groups is 1. The van der Waals surface area contributed by atoms with E-state index in [-0.39, 0.29) is 18.4 Å². The van der Waals surface area contributed by atoms with Gasteiger partial charge in [0.15, 0.2) is 0 Å². The summed E-state index contributed by atoms with van der Waals surface area (Å²) in [5.74, 6) is 1.41. The van der Waals surface area contributed by atoms with Crippen molar-refractivity contribution in [3.63, 3.8) is 0 Å². The second-order valence-corrected chi connectivity index (χ2v) is 8.25. The van der Waals surface area contributed by atoms with Crippen molar-refractivity contribution in [3.8, 4) is 11.8 Å². The van der Waals surface area contributed by atoms with Gasteiger partial charge in [0.2, 0.25) is 0 Å². The third-order valence-corrected chi connectivity index (χ3v) is 5.97. The molecule has 0 aliphatic carbocycles. The molecule has 1 atom stereocenters. The van der Waals surface area contributed by atoms with E-state index in [0.717, 1.165) is 24.9 Å². The molecular weight excluding hydrogens is 426 g/mol. The summed E-state index contributed by atoms with van der Waals surface area (Å²) in [6.45, 7) is 1.94. The molecule has 2 aromatic rings. The number of nitrogens with two attached hydrogens (primary N) is 1. The molecule has 3 rings (SSSR count). The minimum atomic E-state index is 0.114. The van der Waals surface area contributed by atoms with Gasteiger partial charge in [-0.1, -0.05) is 17.7 Å². The first kappa shape index (κ1) is 23.6. The first-order valence-corrected chi connectivity index (χ1v) is 11.0. The summed E-state index contributed by atoms with van der Waals surface area (Å²) in [5.41, 5.74) is 9.00. The highest BCUT2D eigenvalue weighted by atomic mass is 35.5. The molecule has 1 aliphatic rings. The number of rotatable bonds is 7. The van der Waals surface area contributed by atoms with E-state index in [4.69, 9.17) is 27.5 Å². The maximum absolute atomic E-state index is 9.52. The summed E-state index contributed by atoms with van der Waals surface area (Å²) in [5, 5.41) is 28.2. The van der Waals surface area contributed by atoms with Crippen LogP contribution in [-0.2, 0) is 6.42 Å². The summed E-state index contributed by atoms with van der Waals surface area (Å²) in [4.78, 5) is 6.47. The van der Waals surface area contributed by atoms with Gasteiger partial charge in [-0.25, -0.2) is 0 Å². The maximum atomic E-state index is 9.52. The number of amidine groups is 2. The third kappa shape index (κ3) is 5.58. The Morgan fingerprint density at radius 1 is 1.34 bits per heavy atom. The van der Waals surface area contributed by atoms with Crippen LogP contribution < -0.4 is 10.5 Å². The lowest BCUT2D eigenvalue weighted by molar-refractivity contribution is 0.160. The van der Waals surface area contributed by atoms with Gasteiger partial charge in [-0.2, -0.15) is 5.26 Å². The lowest BCUT2D eigenvalue weighted by atomic mass is 9.96. The lowest BCUT2D eigenvalue weighted by Gasteiger charge is -2.34. The van der Waals surface area contributed by atoms with Crippen molar-refractivity contribution >= 4 is 23.3 Å². The second kappa shape index (κ2) is 11.0. The van der Waals surface area contributed by atoms with Crippen LogP contribution in [0.5, 0.6) is 5.75 Å². The van der Waals surface area contributed by atoms with Crippen LogP contribution in [0.2, 0.25) is 5.02 Å². The smallest absolute Gasteiger partial charge is 0.137 e. The van der Waals surface area contributed by atoms with Crippen LogP contribution in [0, 0.1) is 22.7 Å². The number of methoxy groups -OCH3 is 1. The number of halogens is 1. The van der Waals surface area contributed by atoms with Crippen LogP contribution in [0.3, 0.4) is 0 Å². The lowest BCUT2D eigenvalue weighted by Crippen LogP contribution is -2.41. The van der Waals surface area contributed by atoms with E-state index >= 15 is 0 Å². The molecule has 1 saturated heterocycles. The van der Waals surface area contributed by atoms with E-state index in [1.54, 1.807) is 25.3 Å². The number of nitriles is 1. The fraction of sp³-hybridized carbons (Fsp3) is 0.375. The van der Waals surface area contributed by atoms with Crippen molar-refractivity contribution in [2.75, 3.05) is 33.4 Å². The predicted octanol–water partition coefficient (Wildman–Crippen LogP) is 3.20. The third-order valence-electron chi connectivity index (χ3n) is 5.67. The minimum Gasteiger partial charge on any atom is -0.495 e. The van der Waals surface area contributed by atoms with Gasteiger partial charge in [0, 0.05) is 37.4 Å². The van der Waals surface area contributed by atoms with Crippen LogP contribution in [0.4, 0.5) is 0 Å². The van der Waals surface area contributed by atoms with Gasteiger partial charge in [-0.05, 0) is 61.1 Å². The molecule has 8 heteroatoms. The molecular formula is C24H28ClN5O2. The molecule has 168 valence electrons. The fourth-order valence-electron chi connectivity index (χ4n) is 3.88. The molecule has 1 heterocycles. The molecule has 2 aromatic carbocycles. The van der Waals surface area contributed by atoms with E-state index in [1.807, 2.05) is 23.1 Å². The molecule has 0 spiro atoms. The maximum Gasteiger partial charge on any atom is 0.137 e. The van der Waals surface area contributed by atoms with Gasteiger partial charge in [0.25, 0.3) is 0 Å². The zero-order chi connectivity index (χ0) is 23.1. The highest BCUT2D eigenvalue weighted by molar-refractivity contribution is 6.32. The number of aliphatic hydroxyl groups excluding tert-OH is 1. The number of nitrogens with one attached hydrogen (secondary N) is 1. The molecule has 32 heavy (non-hydrogen) atoms. The predicted molar refractivity (Wildman–Crippen MR) is 127 cm³/mol. The average molecular weight is 454 g/mol. The molecule has 4 N–H and O–H groups in total. The molecule has 0 radical (unpaired) electrons. The highest BCUT2D eigenvalue weighted by Crippen LogP contribution is 2.25. The first-order valence-electron chi connectivity index (χ1n) is 10.6. The SMILES string of the molecule is COc1ccc(CCN=C(N)c2cc(C#N)ccc2C(=N)N2CCCC(CO)C2)cc1Cl. The number of likely N-dealkylation sites (tertiary alicyclic amines) is 1. The quantitative estimate of drug-likeness (QED) is 0.439. The molecule has 1 unspecified atom stereocenters. The number of hydrogen-bond donors (Lipinski definition) is 3.